The molecule has 46 heavy (non-hydrogen) atoms. The maximum Gasteiger partial charge on any atom is 0.269 e. The van der Waals surface area contributed by atoms with Gasteiger partial charge in [-0.2, -0.15) is 0 Å². The highest BCUT2D eigenvalue weighted by atomic mass is 35.5. The number of anilines is 1. The number of nitrogens with zero attached hydrogens (tertiary/aromatic N) is 9. The number of nitro benzene ring substituents is 1. The van der Waals surface area contributed by atoms with Crippen molar-refractivity contribution in [3.8, 4) is 23.0 Å². The lowest BCUT2D eigenvalue weighted by Crippen LogP contribution is -2.04. The Bertz CT molecular complexity index is 2220. The van der Waals surface area contributed by atoms with Gasteiger partial charge in [-0.15, -0.1) is 22.7 Å². The van der Waals surface area contributed by atoms with Gasteiger partial charge in [0.15, 0.2) is 11.6 Å². The fraction of sp³-hybridized carbons (Fsp3) is 0.103. The molecule has 1 aromatic carbocycles. The van der Waals surface area contributed by atoms with Crippen LogP contribution in [0, 0.1) is 24.0 Å². The summed E-state index contributed by atoms with van der Waals surface area (Å²) < 4.78 is 0. The molecule has 0 amide bonds. The van der Waals surface area contributed by atoms with E-state index in [2.05, 4.69) is 45.2 Å². The first kappa shape index (κ1) is 31.5. The average molecular weight is 710 g/mol. The normalized spacial score (nSPS) is 11.0. The van der Waals surface area contributed by atoms with Gasteiger partial charge in [-0.25, -0.2) is 29.9 Å². The van der Waals surface area contributed by atoms with Gasteiger partial charge in [-0.05, 0) is 19.4 Å². The topological polar surface area (TPSA) is 158 Å². The van der Waals surface area contributed by atoms with Crippen molar-refractivity contribution < 1.29 is 4.92 Å². The third-order valence-electron chi connectivity index (χ3n) is 6.43. The van der Waals surface area contributed by atoms with Crippen LogP contribution in [0.25, 0.3) is 43.5 Å². The third-order valence-corrected chi connectivity index (χ3v) is 9.87. The number of rotatable bonds is 6. The summed E-state index contributed by atoms with van der Waals surface area (Å²) in [5, 5.41) is 17.2. The highest BCUT2D eigenvalue weighted by Crippen LogP contribution is 2.39. The third kappa shape index (κ3) is 6.57. The molecular weight excluding hydrogens is 691 g/mol. The number of nitrogens with one attached hydrogen (secondary N) is 1. The lowest BCUT2D eigenvalue weighted by molar-refractivity contribution is -0.384. The minimum atomic E-state index is -0.419. The Labute approximate surface area is 283 Å². The molecular formula is C29H19Cl3N10O2S2. The molecule has 1 N–H and O–H groups in total. The van der Waals surface area contributed by atoms with Gasteiger partial charge in [0, 0.05) is 53.2 Å². The first-order valence-corrected chi connectivity index (χ1v) is 16.0. The standard InChI is InChI=1S/C18H13ClN6O2S.C11H6Cl2N4S/c1-10-15(19)14-17(22-8-11-3-2-4-12(7-11)25(26)27)23-16(24-18(14)28-10)13-9-20-5-6-21-13;1-5-8(12)7-9(13)16-10(17-11(7)18-5)6-4-14-2-3-15-6/h2-7,9H,8H2,1H3,(H,22,23,24);2-4H,1H3. The molecule has 0 spiro atoms. The molecule has 7 rings (SSSR count). The molecule has 6 heterocycles. The van der Waals surface area contributed by atoms with Crippen molar-refractivity contribution in [1.82, 2.24) is 39.9 Å². The Morgan fingerprint density at radius 3 is 1.98 bits per heavy atom. The summed E-state index contributed by atoms with van der Waals surface area (Å²) in [6, 6.07) is 6.44. The summed E-state index contributed by atoms with van der Waals surface area (Å²) in [5.74, 6) is 1.44. The molecule has 0 aliphatic rings. The summed E-state index contributed by atoms with van der Waals surface area (Å²) in [6.07, 6.45) is 9.52. The zero-order valence-corrected chi connectivity index (χ0v) is 27.7. The first-order valence-electron chi connectivity index (χ1n) is 13.3. The molecule has 17 heteroatoms. The average Bonchev–Trinajstić information content (AvgIpc) is 3.53. The highest BCUT2D eigenvalue weighted by molar-refractivity contribution is 7.19. The number of aryl methyl sites for hydroxylation is 2. The van der Waals surface area contributed by atoms with Crippen LogP contribution in [-0.4, -0.2) is 44.8 Å². The summed E-state index contributed by atoms with van der Waals surface area (Å²) in [5.41, 5.74) is 1.93. The van der Waals surface area contributed by atoms with Crippen molar-refractivity contribution in [2.24, 2.45) is 0 Å². The van der Waals surface area contributed by atoms with E-state index in [1.54, 1.807) is 43.2 Å². The molecule has 0 fully saturated rings. The summed E-state index contributed by atoms with van der Waals surface area (Å²) in [6.45, 7) is 4.19. The fourth-order valence-corrected chi connectivity index (χ4v) is 7.17. The summed E-state index contributed by atoms with van der Waals surface area (Å²) >= 11 is 21.7. The molecule has 230 valence electrons. The van der Waals surface area contributed by atoms with Gasteiger partial charge in [0.25, 0.3) is 5.69 Å². The van der Waals surface area contributed by atoms with Crippen molar-refractivity contribution in [2.45, 2.75) is 20.4 Å². The van der Waals surface area contributed by atoms with E-state index in [0.29, 0.717) is 56.0 Å². The van der Waals surface area contributed by atoms with Gasteiger partial charge in [-0.3, -0.25) is 20.1 Å². The Hall–Kier alpha value is -4.47. The van der Waals surface area contributed by atoms with E-state index in [4.69, 9.17) is 34.8 Å². The van der Waals surface area contributed by atoms with Gasteiger partial charge >= 0.3 is 0 Å². The molecule has 0 bridgehead atoms. The quantitative estimate of drug-likeness (QED) is 0.100. The molecule has 0 atom stereocenters. The largest absolute Gasteiger partial charge is 0.365 e. The SMILES string of the molecule is Cc1sc2nc(-c3cnccn3)nc(Cl)c2c1Cl.Cc1sc2nc(-c3cnccn3)nc(NCc3cccc([N+](=O)[O-])c3)c2c1Cl. The number of non-ortho nitro benzene ring substituents is 1. The van der Waals surface area contributed by atoms with E-state index in [1.807, 2.05) is 19.9 Å². The Balaban J connectivity index is 0.000000178. The van der Waals surface area contributed by atoms with E-state index in [9.17, 15) is 10.1 Å². The second kappa shape index (κ2) is 13.5. The zero-order valence-electron chi connectivity index (χ0n) is 23.8. The highest BCUT2D eigenvalue weighted by Gasteiger charge is 2.18. The molecule has 0 radical (unpaired) electrons. The van der Waals surface area contributed by atoms with Crippen molar-refractivity contribution in [3.05, 3.63) is 102 Å². The predicted molar refractivity (Wildman–Crippen MR) is 182 cm³/mol. The fourth-order valence-electron chi connectivity index (χ4n) is 4.27. The minimum absolute atomic E-state index is 0.0387. The molecule has 6 aromatic heterocycles. The number of hydrogen-bond donors (Lipinski definition) is 1. The Morgan fingerprint density at radius 1 is 0.804 bits per heavy atom. The van der Waals surface area contributed by atoms with Gasteiger partial charge < -0.3 is 5.32 Å². The van der Waals surface area contributed by atoms with Crippen molar-refractivity contribution in [2.75, 3.05) is 5.32 Å². The number of benzene rings is 1. The van der Waals surface area contributed by atoms with Crippen LogP contribution in [0.15, 0.2) is 61.4 Å². The zero-order chi connectivity index (χ0) is 32.4. The number of hydrogen-bond acceptors (Lipinski definition) is 13. The van der Waals surface area contributed by atoms with Gasteiger partial charge in [0.1, 0.15) is 32.0 Å². The van der Waals surface area contributed by atoms with E-state index in [1.165, 1.54) is 34.8 Å². The molecule has 0 saturated heterocycles. The summed E-state index contributed by atoms with van der Waals surface area (Å²) in [4.78, 5) is 48.2. The first-order chi connectivity index (χ1) is 22.2. The van der Waals surface area contributed by atoms with Gasteiger partial charge in [0.2, 0.25) is 0 Å². The second-order valence-corrected chi connectivity index (χ2v) is 13.0. The van der Waals surface area contributed by atoms with E-state index in [0.717, 1.165) is 30.4 Å². The van der Waals surface area contributed by atoms with Crippen LogP contribution in [0.1, 0.15) is 15.3 Å². The molecule has 0 aliphatic heterocycles. The number of thiophene rings is 2. The Kier molecular flexibility index (Phi) is 9.24. The predicted octanol–water partition coefficient (Wildman–Crippen LogP) is 8.39. The second-order valence-electron chi connectivity index (χ2n) is 9.50. The molecule has 12 nitrogen and oxygen atoms in total. The maximum absolute atomic E-state index is 11.0. The molecule has 0 aliphatic carbocycles. The summed E-state index contributed by atoms with van der Waals surface area (Å²) in [7, 11) is 0. The van der Waals surface area contributed by atoms with Crippen molar-refractivity contribution in [1.29, 1.82) is 0 Å². The van der Waals surface area contributed by atoms with Gasteiger partial charge in [0.05, 0.1) is 38.1 Å². The van der Waals surface area contributed by atoms with Crippen LogP contribution in [0.4, 0.5) is 11.5 Å². The van der Waals surface area contributed by atoms with Crippen LogP contribution >= 0.6 is 57.5 Å². The lowest BCUT2D eigenvalue weighted by Gasteiger charge is -2.09. The monoisotopic (exact) mass is 708 g/mol. The smallest absolute Gasteiger partial charge is 0.269 e. The minimum Gasteiger partial charge on any atom is -0.365 e. The number of aromatic nitrogens is 8. The molecule has 7 aromatic rings. The van der Waals surface area contributed by atoms with Crippen LogP contribution < -0.4 is 5.32 Å². The van der Waals surface area contributed by atoms with Crippen molar-refractivity contribution in [3.63, 3.8) is 0 Å². The number of halogens is 3. The number of fused-ring (bicyclic) bond motifs is 2. The molecule has 0 saturated carbocycles. The lowest BCUT2D eigenvalue weighted by atomic mass is 10.2. The van der Waals surface area contributed by atoms with Crippen LogP contribution in [0.2, 0.25) is 15.2 Å². The maximum atomic E-state index is 11.0. The van der Waals surface area contributed by atoms with E-state index >= 15 is 0 Å². The molecule has 0 unspecified atom stereocenters. The van der Waals surface area contributed by atoms with Gasteiger partial charge in [-0.1, -0.05) is 46.9 Å². The van der Waals surface area contributed by atoms with Crippen LogP contribution in [-0.2, 0) is 6.54 Å². The van der Waals surface area contributed by atoms with Crippen LogP contribution in [0.3, 0.4) is 0 Å². The Morgan fingerprint density at radius 2 is 1.39 bits per heavy atom. The number of nitro groups is 1. The van der Waals surface area contributed by atoms with E-state index < -0.39 is 4.92 Å². The van der Waals surface area contributed by atoms with Crippen molar-refractivity contribution >= 4 is 89.4 Å². The van der Waals surface area contributed by atoms with E-state index in [-0.39, 0.29) is 5.69 Å². The van der Waals surface area contributed by atoms with Crippen LogP contribution in [0.5, 0.6) is 0 Å².